The summed E-state index contributed by atoms with van der Waals surface area (Å²) in [7, 11) is 0. The van der Waals surface area contributed by atoms with Crippen molar-refractivity contribution in [3.8, 4) is 11.1 Å². The van der Waals surface area contributed by atoms with Gasteiger partial charge in [0.1, 0.15) is 0 Å². The van der Waals surface area contributed by atoms with Crippen LogP contribution in [0.25, 0.3) is 16.6 Å². The average molecular weight is 538 g/mol. The normalized spacial score (nSPS) is 22.8. The van der Waals surface area contributed by atoms with Gasteiger partial charge in [-0.2, -0.15) is 13.9 Å². The first kappa shape index (κ1) is 26.2. The van der Waals surface area contributed by atoms with Crippen LogP contribution in [-0.4, -0.2) is 83.3 Å². The number of fused-ring (bicyclic) bond motifs is 1. The lowest BCUT2D eigenvalue weighted by Gasteiger charge is -2.40. The van der Waals surface area contributed by atoms with Crippen molar-refractivity contribution in [3.05, 3.63) is 54.4 Å². The van der Waals surface area contributed by atoms with Gasteiger partial charge in [-0.1, -0.05) is 24.3 Å². The molecule has 0 spiro atoms. The predicted molar refractivity (Wildman–Crippen MR) is 147 cm³/mol. The maximum atomic E-state index is 13.1. The van der Waals surface area contributed by atoms with Gasteiger partial charge in [0.05, 0.1) is 17.3 Å². The molecule has 2 saturated heterocycles. The zero-order valence-electron chi connectivity index (χ0n) is 22.7. The Morgan fingerprint density at radius 3 is 2.38 bits per heavy atom. The number of anilines is 1. The molecule has 0 N–H and O–H groups in total. The Morgan fingerprint density at radius 1 is 0.974 bits per heavy atom. The Hall–Kier alpha value is -3.04. The first-order chi connectivity index (χ1) is 18.9. The minimum Gasteiger partial charge on any atom is -0.366 e. The second-order valence-corrected chi connectivity index (χ2v) is 11.4. The van der Waals surface area contributed by atoms with Gasteiger partial charge in [-0.05, 0) is 56.4 Å². The number of rotatable bonds is 7. The fraction of sp³-hybridized carbons (Fsp3) is 0.533. The van der Waals surface area contributed by atoms with Crippen LogP contribution in [0.1, 0.15) is 44.6 Å². The van der Waals surface area contributed by atoms with E-state index in [2.05, 4.69) is 59.1 Å². The smallest absolute Gasteiger partial charge is 0.345 e. The molecule has 7 nitrogen and oxygen atoms in total. The van der Waals surface area contributed by atoms with Gasteiger partial charge in [0, 0.05) is 75.1 Å². The standard InChI is InChI=1S/C30H37F2N5O2/c1-20(2)36-12-10-28(39-30(31)32)25(19-36)22-5-3-21(4-6-22)24-17-27-26(9-11-33-37(27)18-24)34-13-15-35(16-14-34)29(38)23-7-8-23/h3-6,9,11,17-18,20,23,25,28,30H,7-8,10,12-16,19H2,1-2H3/t25-,28+/m0/s1. The molecule has 1 aliphatic carbocycles. The molecule has 2 atom stereocenters. The SMILES string of the molecule is CC(C)N1CC[C@@H](OC(F)F)[C@H](c2ccc(-c3cc4c(N5CCN(C(=O)C6CC6)CC5)ccnn4c3)cc2)C1. The molecule has 0 bridgehead atoms. The summed E-state index contributed by atoms with van der Waals surface area (Å²) in [4.78, 5) is 19.2. The van der Waals surface area contributed by atoms with Gasteiger partial charge in [0.15, 0.2) is 0 Å². The molecule has 1 aromatic carbocycles. The van der Waals surface area contributed by atoms with Gasteiger partial charge in [-0.15, -0.1) is 0 Å². The van der Waals surface area contributed by atoms with Gasteiger partial charge >= 0.3 is 6.61 Å². The van der Waals surface area contributed by atoms with E-state index in [0.717, 1.165) is 73.5 Å². The van der Waals surface area contributed by atoms with E-state index in [0.29, 0.717) is 24.9 Å². The van der Waals surface area contributed by atoms with E-state index in [1.54, 1.807) is 0 Å². The van der Waals surface area contributed by atoms with Crippen molar-refractivity contribution in [2.24, 2.45) is 5.92 Å². The Morgan fingerprint density at radius 2 is 1.72 bits per heavy atom. The van der Waals surface area contributed by atoms with E-state index in [4.69, 9.17) is 4.74 Å². The second kappa shape index (κ2) is 10.8. The number of piperazine rings is 1. The van der Waals surface area contributed by atoms with Crippen molar-refractivity contribution in [1.82, 2.24) is 19.4 Å². The molecule has 0 radical (unpaired) electrons. The predicted octanol–water partition coefficient (Wildman–Crippen LogP) is 4.87. The van der Waals surface area contributed by atoms with Crippen LogP contribution in [0.4, 0.5) is 14.5 Å². The molecule has 3 aromatic rings. The summed E-state index contributed by atoms with van der Waals surface area (Å²) in [5.41, 5.74) is 5.28. The Bertz CT molecular complexity index is 1300. The first-order valence-electron chi connectivity index (χ1n) is 14.2. The molecule has 2 aliphatic heterocycles. The van der Waals surface area contributed by atoms with Crippen LogP contribution in [0, 0.1) is 5.92 Å². The zero-order valence-corrected chi connectivity index (χ0v) is 22.7. The highest BCUT2D eigenvalue weighted by atomic mass is 19.3. The molecule has 3 fully saturated rings. The van der Waals surface area contributed by atoms with Crippen LogP contribution >= 0.6 is 0 Å². The molecular formula is C30H37F2N5O2. The number of carbonyl (C=O) groups excluding carboxylic acids is 1. The van der Waals surface area contributed by atoms with Crippen LogP contribution in [0.3, 0.4) is 0 Å². The van der Waals surface area contributed by atoms with Crippen LogP contribution in [-0.2, 0) is 9.53 Å². The Kier molecular flexibility index (Phi) is 7.29. The third-order valence-corrected chi connectivity index (χ3v) is 8.61. The number of benzene rings is 1. The minimum absolute atomic E-state index is 0.101. The number of hydrogen-bond acceptors (Lipinski definition) is 5. The van der Waals surface area contributed by atoms with Gasteiger partial charge < -0.3 is 19.4 Å². The maximum absolute atomic E-state index is 13.1. The van der Waals surface area contributed by atoms with E-state index < -0.39 is 12.7 Å². The number of likely N-dealkylation sites (tertiary alicyclic amines) is 1. The topological polar surface area (TPSA) is 53.3 Å². The highest BCUT2D eigenvalue weighted by molar-refractivity contribution is 5.82. The fourth-order valence-electron chi connectivity index (χ4n) is 6.14. The monoisotopic (exact) mass is 537 g/mol. The van der Waals surface area contributed by atoms with Gasteiger partial charge in [0.25, 0.3) is 0 Å². The highest BCUT2D eigenvalue weighted by Gasteiger charge is 2.35. The number of aromatic nitrogens is 2. The molecule has 1 saturated carbocycles. The summed E-state index contributed by atoms with van der Waals surface area (Å²) in [5, 5.41) is 4.54. The maximum Gasteiger partial charge on any atom is 0.345 e. The molecule has 208 valence electrons. The van der Waals surface area contributed by atoms with Crippen molar-refractivity contribution >= 4 is 17.1 Å². The summed E-state index contributed by atoms with van der Waals surface area (Å²) >= 11 is 0. The molecule has 6 rings (SSSR count). The average Bonchev–Trinajstić information content (AvgIpc) is 3.70. The Labute approximate surface area is 228 Å². The van der Waals surface area contributed by atoms with Crippen molar-refractivity contribution < 1.29 is 18.3 Å². The number of hydrogen-bond donors (Lipinski definition) is 0. The van der Waals surface area contributed by atoms with Crippen LogP contribution in [0.15, 0.2) is 48.8 Å². The number of nitrogens with zero attached hydrogens (tertiary/aromatic N) is 5. The molecule has 9 heteroatoms. The third kappa shape index (κ3) is 5.52. The highest BCUT2D eigenvalue weighted by Crippen LogP contribution is 2.35. The van der Waals surface area contributed by atoms with Crippen molar-refractivity contribution in [2.75, 3.05) is 44.2 Å². The third-order valence-electron chi connectivity index (χ3n) is 8.61. The molecule has 3 aliphatic rings. The largest absolute Gasteiger partial charge is 0.366 e. The number of alkyl halides is 2. The summed E-state index contributed by atoms with van der Waals surface area (Å²) in [6.07, 6.45) is 6.04. The number of piperidine rings is 1. The van der Waals surface area contributed by atoms with Gasteiger partial charge in [-0.3, -0.25) is 4.79 Å². The van der Waals surface area contributed by atoms with Crippen LogP contribution in [0.2, 0.25) is 0 Å². The lowest BCUT2D eigenvalue weighted by Crippen LogP contribution is -2.49. The summed E-state index contributed by atoms with van der Waals surface area (Å²) in [6, 6.07) is 12.8. The number of carbonyl (C=O) groups is 1. The lowest BCUT2D eigenvalue weighted by molar-refractivity contribution is -0.179. The Balaban J connectivity index is 1.20. The van der Waals surface area contributed by atoms with E-state index >= 15 is 0 Å². The molecule has 2 aromatic heterocycles. The second-order valence-electron chi connectivity index (χ2n) is 11.4. The fourth-order valence-corrected chi connectivity index (χ4v) is 6.14. The number of halogens is 2. The number of amides is 1. The molecule has 0 unspecified atom stereocenters. The van der Waals surface area contributed by atoms with E-state index in [-0.39, 0.29) is 11.8 Å². The lowest BCUT2D eigenvalue weighted by atomic mass is 9.86. The van der Waals surface area contributed by atoms with Crippen molar-refractivity contribution in [3.63, 3.8) is 0 Å². The number of ether oxygens (including phenoxy) is 1. The summed E-state index contributed by atoms with van der Waals surface area (Å²) < 4.78 is 33.2. The zero-order chi connectivity index (χ0) is 27.1. The summed E-state index contributed by atoms with van der Waals surface area (Å²) in [6.45, 7) is 6.12. The van der Waals surface area contributed by atoms with E-state index in [1.165, 1.54) is 0 Å². The van der Waals surface area contributed by atoms with Crippen LogP contribution in [0.5, 0.6) is 0 Å². The van der Waals surface area contributed by atoms with Crippen molar-refractivity contribution in [2.45, 2.75) is 57.8 Å². The first-order valence-corrected chi connectivity index (χ1v) is 14.2. The van der Waals surface area contributed by atoms with E-state index in [9.17, 15) is 13.6 Å². The molecule has 39 heavy (non-hydrogen) atoms. The molecule has 1 amide bonds. The van der Waals surface area contributed by atoms with Gasteiger partial charge in [0.2, 0.25) is 5.91 Å². The van der Waals surface area contributed by atoms with Crippen molar-refractivity contribution in [1.29, 1.82) is 0 Å². The molecule has 4 heterocycles. The van der Waals surface area contributed by atoms with Gasteiger partial charge in [-0.25, -0.2) is 4.52 Å². The quantitative estimate of drug-likeness (QED) is 0.431. The molecular weight excluding hydrogens is 500 g/mol. The summed E-state index contributed by atoms with van der Waals surface area (Å²) in [5.74, 6) is 0.481. The minimum atomic E-state index is -2.76. The van der Waals surface area contributed by atoms with E-state index in [1.807, 2.05) is 27.9 Å². The van der Waals surface area contributed by atoms with Crippen LogP contribution < -0.4 is 4.90 Å².